The number of para-hydroxylation sites is 2. The van der Waals surface area contributed by atoms with Crippen LogP contribution in [-0.2, 0) is 4.57 Å². The summed E-state index contributed by atoms with van der Waals surface area (Å²) in [5, 5.41) is 1.01. The Labute approximate surface area is 227 Å². The molecule has 0 bridgehead atoms. The number of benzene rings is 3. The van der Waals surface area contributed by atoms with E-state index in [1.165, 1.54) is 0 Å². The summed E-state index contributed by atoms with van der Waals surface area (Å²) in [5.41, 5.74) is 2.81. The van der Waals surface area contributed by atoms with Gasteiger partial charge in [-0.25, -0.2) is 0 Å². The highest BCUT2D eigenvalue weighted by Gasteiger charge is 2.21. The van der Waals surface area contributed by atoms with Crippen molar-refractivity contribution in [2.75, 3.05) is 48.5 Å². The number of carbonyl (C=O) groups is 1. The molecule has 0 saturated heterocycles. The summed E-state index contributed by atoms with van der Waals surface area (Å²) in [5.74, 6) is 1.78. The maximum absolute atomic E-state index is 13.7. The van der Waals surface area contributed by atoms with E-state index in [1.807, 2.05) is 59.3 Å². The summed E-state index contributed by atoms with van der Waals surface area (Å²) >= 11 is 0. The van der Waals surface area contributed by atoms with Crippen molar-refractivity contribution in [1.82, 2.24) is 4.57 Å². The molecular weight excluding hydrogens is 523 g/mol. The number of aromatic nitrogens is 1. The molecule has 2 N–H and O–H groups in total. The van der Waals surface area contributed by atoms with E-state index in [0.717, 1.165) is 33.4 Å². The zero-order valence-corrected chi connectivity index (χ0v) is 23.4. The number of likely N-dealkylation sites (N-methyl/N-ethyl adjacent to an activating group) is 1. The van der Waals surface area contributed by atoms with Gasteiger partial charge in [0.2, 0.25) is 0 Å². The molecule has 0 spiro atoms. The second kappa shape index (κ2) is 12.5. The summed E-state index contributed by atoms with van der Waals surface area (Å²) < 4.78 is 28.6. The maximum Gasteiger partial charge on any atom is 0.262 e. The molecule has 208 valence electrons. The molecule has 0 unspecified atom stereocenters. The lowest BCUT2D eigenvalue weighted by Gasteiger charge is -2.23. The van der Waals surface area contributed by atoms with Gasteiger partial charge in [0.05, 0.1) is 58.3 Å². The first-order valence-corrected chi connectivity index (χ1v) is 13.5. The minimum Gasteiger partial charge on any atom is -0.756 e. The number of quaternary nitrogens is 1. The topological polar surface area (TPSA) is 130 Å². The van der Waals surface area contributed by atoms with Crippen molar-refractivity contribution in [3.8, 4) is 22.9 Å². The van der Waals surface area contributed by atoms with Crippen LogP contribution in [0.3, 0.4) is 0 Å². The van der Waals surface area contributed by atoms with E-state index in [-0.39, 0.29) is 5.78 Å². The summed E-state index contributed by atoms with van der Waals surface area (Å²) in [7, 11) is 4.67. The van der Waals surface area contributed by atoms with Gasteiger partial charge < -0.3 is 37.9 Å². The Hall–Kier alpha value is -3.66. The molecule has 4 rings (SSSR count). The van der Waals surface area contributed by atoms with Gasteiger partial charge in [0.15, 0.2) is 5.78 Å². The number of ketones is 1. The van der Waals surface area contributed by atoms with Gasteiger partial charge in [0.1, 0.15) is 30.4 Å². The monoisotopic (exact) mass is 556 g/mol. The molecule has 0 fully saturated rings. The van der Waals surface area contributed by atoms with Crippen LogP contribution >= 0.6 is 7.82 Å². The average Bonchev–Trinajstić information content (AvgIpc) is 3.24. The fraction of sp³-hybridized carbons (Fsp3) is 0.250. The molecule has 0 saturated carbocycles. The molecule has 0 atom stereocenters. The minimum absolute atomic E-state index is 0.125. The van der Waals surface area contributed by atoms with Crippen LogP contribution < -0.4 is 19.1 Å². The molecule has 11 heteroatoms. The number of methoxy groups -OCH3 is 2. The van der Waals surface area contributed by atoms with Gasteiger partial charge in [-0.15, -0.1) is 0 Å². The Kier molecular flexibility index (Phi) is 9.55. The molecule has 0 amide bonds. The number of hydrogen-bond donors (Lipinski definition) is 2. The summed E-state index contributed by atoms with van der Waals surface area (Å²) in [4.78, 5) is 36.6. The van der Waals surface area contributed by atoms with Crippen molar-refractivity contribution >= 4 is 24.5 Å². The number of nitrogens with zero attached hydrogens (tertiary/aromatic N) is 2. The van der Waals surface area contributed by atoms with Crippen LogP contribution in [0.15, 0.2) is 72.9 Å². The molecule has 0 aliphatic heterocycles. The highest BCUT2D eigenvalue weighted by molar-refractivity contribution is 7.43. The second-order valence-corrected chi connectivity index (χ2v) is 10.6. The van der Waals surface area contributed by atoms with Crippen molar-refractivity contribution in [2.45, 2.75) is 0 Å². The Bertz CT molecular complexity index is 1480. The van der Waals surface area contributed by atoms with Gasteiger partial charge in [0.25, 0.3) is 7.82 Å². The Morgan fingerprint density at radius 3 is 2.21 bits per heavy atom. The number of rotatable bonds is 9. The lowest BCUT2D eigenvalue weighted by atomic mass is 10.0. The molecule has 4 aromatic rings. The lowest BCUT2D eigenvalue weighted by molar-refractivity contribution is -0.870. The Balaban J connectivity index is 0.000000771. The second-order valence-electron chi connectivity index (χ2n) is 9.65. The van der Waals surface area contributed by atoms with Crippen molar-refractivity contribution in [3.63, 3.8) is 0 Å². The first-order chi connectivity index (χ1) is 18.3. The largest absolute Gasteiger partial charge is 0.756 e. The number of fused-ring (bicyclic) bond motifs is 1. The van der Waals surface area contributed by atoms with Crippen LogP contribution in [-0.4, -0.2) is 73.1 Å². The highest BCUT2D eigenvalue weighted by Crippen LogP contribution is 2.34. The minimum atomic E-state index is -4.89. The molecule has 39 heavy (non-hydrogen) atoms. The predicted octanol–water partition coefficient (Wildman–Crippen LogP) is 3.40. The molecule has 3 aromatic carbocycles. The molecule has 0 radical (unpaired) electrons. The van der Waals surface area contributed by atoms with Gasteiger partial charge in [0, 0.05) is 17.0 Å². The van der Waals surface area contributed by atoms with Gasteiger partial charge in [-0.05, 0) is 36.4 Å². The standard InChI is InChI=1S/C28H31N2O4.H3O4P/c1-30(2,3)16-17-34-27-19-29(24-12-8-6-10-21(24)27)25-13-9-7-11-22(25)28(31)23-15-14-20(32-4)18-26(23)33-5;1-5(2,3)4/h6-15,18-19H,16-17H2,1-5H3;(H3,1,2,3,4)/q+1;/p-1. The van der Waals surface area contributed by atoms with Crippen LogP contribution in [0.5, 0.6) is 17.2 Å². The summed E-state index contributed by atoms with van der Waals surface area (Å²) in [6.07, 6.45) is 1.97. The van der Waals surface area contributed by atoms with E-state index in [4.69, 9.17) is 33.5 Å². The van der Waals surface area contributed by atoms with Crippen molar-refractivity contribution in [2.24, 2.45) is 0 Å². The van der Waals surface area contributed by atoms with Gasteiger partial charge in [-0.1, -0.05) is 24.3 Å². The average molecular weight is 557 g/mol. The van der Waals surface area contributed by atoms with E-state index < -0.39 is 7.82 Å². The molecule has 0 aliphatic carbocycles. The van der Waals surface area contributed by atoms with Gasteiger partial charge in [-0.3, -0.25) is 9.36 Å². The quantitative estimate of drug-likeness (QED) is 0.182. The van der Waals surface area contributed by atoms with Crippen molar-refractivity contribution < 1.29 is 42.7 Å². The number of phosphoric acid groups is 1. The summed E-state index contributed by atoms with van der Waals surface area (Å²) in [6.45, 7) is 1.48. The smallest absolute Gasteiger partial charge is 0.262 e. The highest BCUT2D eigenvalue weighted by atomic mass is 31.2. The fourth-order valence-corrected chi connectivity index (χ4v) is 3.90. The van der Waals surface area contributed by atoms with Crippen LogP contribution in [0.4, 0.5) is 0 Å². The van der Waals surface area contributed by atoms with Crippen molar-refractivity contribution in [3.05, 3.63) is 84.1 Å². The molecular formula is C28H33N2O8P. The predicted molar refractivity (Wildman–Crippen MR) is 147 cm³/mol. The van der Waals surface area contributed by atoms with Crippen molar-refractivity contribution in [1.29, 1.82) is 0 Å². The normalized spacial score (nSPS) is 11.5. The first kappa shape index (κ1) is 29.9. The third kappa shape index (κ3) is 8.16. The van der Waals surface area contributed by atoms with Gasteiger partial charge >= 0.3 is 0 Å². The van der Waals surface area contributed by atoms with Gasteiger partial charge in [-0.2, -0.15) is 0 Å². The molecule has 10 nitrogen and oxygen atoms in total. The molecule has 1 heterocycles. The Morgan fingerprint density at radius 2 is 1.56 bits per heavy atom. The van der Waals surface area contributed by atoms with E-state index in [1.54, 1.807) is 32.4 Å². The van der Waals surface area contributed by atoms with E-state index >= 15 is 0 Å². The Morgan fingerprint density at radius 1 is 0.923 bits per heavy atom. The number of hydrogen-bond acceptors (Lipinski definition) is 6. The lowest BCUT2D eigenvalue weighted by Crippen LogP contribution is -2.38. The van der Waals surface area contributed by atoms with Crippen LogP contribution in [0.25, 0.3) is 16.6 Å². The van der Waals surface area contributed by atoms with Crippen LogP contribution in [0, 0.1) is 0 Å². The van der Waals surface area contributed by atoms with Crippen LogP contribution in [0.2, 0.25) is 0 Å². The zero-order chi connectivity index (χ0) is 28.8. The molecule has 1 aromatic heterocycles. The first-order valence-electron chi connectivity index (χ1n) is 12.0. The summed E-state index contributed by atoms with van der Waals surface area (Å²) in [6, 6.07) is 20.9. The maximum atomic E-state index is 13.7. The number of ether oxygens (including phenoxy) is 3. The SMILES string of the molecule is COc1ccc(C(=O)c2ccccc2-n2cc(OCC[N+](C)(C)C)c3ccccc32)c(OC)c1.O=P([O-])(O)O. The third-order valence-corrected chi connectivity index (χ3v) is 5.76. The third-order valence-electron chi connectivity index (χ3n) is 5.76. The fourth-order valence-electron chi connectivity index (χ4n) is 3.90. The van der Waals surface area contributed by atoms with E-state index in [9.17, 15) is 4.79 Å². The number of carbonyl (C=O) groups excluding carboxylic acids is 1. The van der Waals surface area contributed by atoms with E-state index in [0.29, 0.717) is 29.2 Å². The molecule has 0 aliphatic rings. The zero-order valence-electron chi connectivity index (χ0n) is 22.5. The van der Waals surface area contributed by atoms with Crippen LogP contribution in [0.1, 0.15) is 15.9 Å². The van der Waals surface area contributed by atoms with E-state index in [2.05, 4.69) is 21.1 Å².